The lowest BCUT2D eigenvalue weighted by molar-refractivity contribution is -0.251. The topological polar surface area (TPSA) is 115 Å². The van der Waals surface area contributed by atoms with Gasteiger partial charge >= 0.3 is 11.9 Å². The molecular formula is C12H22O6. The first kappa shape index (κ1) is 16.9. The molecule has 0 fully saturated rings. The first-order valence-electron chi connectivity index (χ1n) is 5.55. The molecule has 0 radical (unpaired) electrons. The van der Waals surface area contributed by atoms with E-state index in [0.29, 0.717) is 0 Å². The van der Waals surface area contributed by atoms with Crippen molar-refractivity contribution in [2.45, 2.75) is 52.7 Å². The zero-order valence-electron chi connectivity index (χ0n) is 11.6. The van der Waals surface area contributed by atoms with Crippen LogP contribution in [-0.2, 0) is 9.59 Å². The van der Waals surface area contributed by atoms with Gasteiger partial charge in [-0.15, -0.1) is 0 Å². The van der Waals surface area contributed by atoms with E-state index in [1.165, 1.54) is 41.5 Å². The molecule has 6 nitrogen and oxygen atoms in total. The maximum absolute atomic E-state index is 11.4. The van der Waals surface area contributed by atoms with Gasteiger partial charge in [0.25, 0.3) is 0 Å². The molecule has 18 heavy (non-hydrogen) atoms. The van der Waals surface area contributed by atoms with Crippen molar-refractivity contribution in [3.8, 4) is 0 Å². The standard InChI is InChI=1S/C12H22O6/c1-9(2,3)11(17,7(13)14)12(18,8(15)16)10(4,5)6/h17-18H,1-6H3,(H,13,14)(H,15,16)/t11-,12-/m0/s1. The van der Waals surface area contributed by atoms with E-state index >= 15 is 0 Å². The quantitative estimate of drug-likeness (QED) is 0.595. The summed E-state index contributed by atoms with van der Waals surface area (Å²) in [5.41, 5.74) is -8.41. The van der Waals surface area contributed by atoms with Crippen LogP contribution in [0.1, 0.15) is 41.5 Å². The number of aliphatic carboxylic acids is 2. The van der Waals surface area contributed by atoms with Crippen LogP contribution in [0.15, 0.2) is 0 Å². The molecule has 0 amide bonds. The van der Waals surface area contributed by atoms with Crippen LogP contribution in [0.5, 0.6) is 0 Å². The Kier molecular flexibility index (Phi) is 3.94. The number of carbonyl (C=O) groups is 2. The van der Waals surface area contributed by atoms with Gasteiger partial charge in [-0.25, -0.2) is 9.59 Å². The summed E-state index contributed by atoms with van der Waals surface area (Å²) in [4.78, 5) is 22.8. The molecule has 0 heterocycles. The monoisotopic (exact) mass is 262 g/mol. The molecule has 0 aromatic rings. The third-order valence-electron chi connectivity index (χ3n) is 3.31. The van der Waals surface area contributed by atoms with Gasteiger partial charge in [-0.2, -0.15) is 0 Å². The summed E-state index contributed by atoms with van der Waals surface area (Å²) >= 11 is 0. The zero-order valence-corrected chi connectivity index (χ0v) is 11.6. The van der Waals surface area contributed by atoms with E-state index in [4.69, 9.17) is 0 Å². The molecule has 0 unspecified atom stereocenters. The smallest absolute Gasteiger partial charge is 0.340 e. The minimum Gasteiger partial charge on any atom is -0.479 e. The number of hydrogen-bond donors (Lipinski definition) is 4. The summed E-state index contributed by atoms with van der Waals surface area (Å²) in [6, 6.07) is 0. The summed E-state index contributed by atoms with van der Waals surface area (Å²) in [7, 11) is 0. The summed E-state index contributed by atoms with van der Waals surface area (Å²) < 4.78 is 0. The largest absolute Gasteiger partial charge is 0.479 e. The second-order valence-electron chi connectivity index (χ2n) is 6.53. The predicted octanol–water partition coefficient (Wildman–Crippen LogP) is 0.710. The fourth-order valence-electron chi connectivity index (χ4n) is 2.04. The van der Waals surface area contributed by atoms with Crippen molar-refractivity contribution in [3.63, 3.8) is 0 Å². The summed E-state index contributed by atoms with van der Waals surface area (Å²) in [6.45, 7) is 8.17. The lowest BCUT2D eigenvalue weighted by Gasteiger charge is -2.51. The van der Waals surface area contributed by atoms with Crippen LogP contribution in [0, 0.1) is 10.8 Å². The van der Waals surface area contributed by atoms with Crippen molar-refractivity contribution >= 4 is 11.9 Å². The van der Waals surface area contributed by atoms with Crippen molar-refractivity contribution in [3.05, 3.63) is 0 Å². The van der Waals surface area contributed by atoms with Gasteiger partial charge < -0.3 is 20.4 Å². The maximum atomic E-state index is 11.4. The minimum atomic E-state index is -2.83. The van der Waals surface area contributed by atoms with Crippen molar-refractivity contribution in [1.82, 2.24) is 0 Å². The summed E-state index contributed by atoms with van der Waals surface area (Å²) in [5.74, 6) is -3.54. The Morgan fingerprint density at radius 2 is 0.833 bits per heavy atom. The molecule has 0 saturated heterocycles. The van der Waals surface area contributed by atoms with Crippen molar-refractivity contribution in [1.29, 1.82) is 0 Å². The highest BCUT2D eigenvalue weighted by molar-refractivity contribution is 5.92. The maximum Gasteiger partial charge on any atom is 0.340 e. The van der Waals surface area contributed by atoms with Crippen molar-refractivity contribution in [2.75, 3.05) is 0 Å². The number of carboxylic acids is 2. The third-order valence-corrected chi connectivity index (χ3v) is 3.31. The molecule has 0 aliphatic carbocycles. The Bertz CT molecular complexity index is 326. The third kappa shape index (κ3) is 1.99. The van der Waals surface area contributed by atoms with E-state index < -0.39 is 34.0 Å². The Morgan fingerprint density at radius 3 is 0.889 bits per heavy atom. The average Bonchev–Trinajstić information content (AvgIpc) is 2.10. The van der Waals surface area contributed by atoms with Gasteiger partial charge in [0.2, 0.25) is 11.2 Å². The van der Waals surface area contributed by atoms with Gasteiger partial charge in [0.05, 0.1) is 0 Å². The van der Waals surface area contributed by atoms with Crippen LogP contribution in [0.4, 0.5) is 0 Å². The normalized spacial score (nSPS) is 19.8. The fraction of sp³-hybridized carbons (Fsp3) is 0.833. The molecule has 6 heteroatoms. The van der Waals surface area contributed by atoms with Gasteiger partial charge in [0, 0.05) is 10.8 Å². The highest BCUT2D eigenvalue weighted by Gasteiger charge is 2.70. The highest BCUT2D eigenvalue weighted by Crippen LogP contribution is 2.48. The number of carboxylic acid groups (broad SMARTS) is 2. The Hall–Kier alpha value is -1.14. The fourth-order valence-corrected chi connectivity index (χ4v) is 2.04. The average molecular weight is 262 g/mol. The molecule has 0 aliphatic rings. The zero-order chi connectivity index (χ0) is 15.2. The minimum absolute atomic E-state index is 1.36. The second kappa shape index (κ2) is 4.20. The molecule has 4 N–H and O–H groups in total. The SMILES string of the molecule is CC(C)(C)[C@@](O)(C(=O)O)[C@](O)(C(=O)O)C(C)(C)C. The van der Waals surface area contributed by atoms with Gasteiger partial charge in [0.15, 0.2) is 0 Å². The van der Waals surface area contributed by atoms with E-state index in [0.717, 1.165) is 0 Å². The highest BCUT2D eigenvalue weighted by atomic mass is 16.5. The van der Waals surface area contributed by atoms with Crippen LogP contribution in [0.3, 0.4) is 0 Å². The van der Waals surface area contributed by atoms with E-state index in [9.17, 15) is 30.0 Å². The van der Waals surface area contributed by atoms with E-state index in [2.05, 4.69) is 0 Å². The van der Waals surface area contributed by atoms with E-state index in [1.807, 2.05) is 0 Å². The summed E-state index contributed by atoms with van der Waals surface area (Å²) in [6.07, 6.45) is 0. The lowest BCUT2D eigenvalue weighted by Crippen LogP contribution is -2.74. The molecule has 0 rings (SSSR count). The summed E-state index contributed by atoms with van der Waals surface area (Å²) in [5, 5.41) is 39.3. The molecule has 0 bridgehead atoms. The molecule has 0 aromatic heterocycles. The van der Waals surface area contributed by atoms with Crippen molar-refractivity contribution in [2.24, 2.45) is 10.8 Å². The van der Waals surface area contributed by atoms with Crippen LogP contribution in [0.2, 0.25) is 0 Å². The number of aliphatic hydroxyl groups is 2. The Labute approximate surface area is 106 Å². The molecular weight excluding hydrogens is 240 g/mol. The first-order valence-corrected chi connectivity index (χ1v) is 5.55. The molecule has 106 valence electrons. The van der Waals surface area contributed by atoms with Crippen LogP contribution in [0.25, 0.3) is 0 Å². The molecule has 0 saturated carbocycles. The molecule has 0 aliphatic heterocycles. The van der Waals surface area contributed by atoms with Crippen LogP contribution in [-0.4, -0.2) is 43.6 Å². The Morgan fingerprint density at radius 1 is 0.667 bits per heavy atom. The van der Waals surface area contributed by atoms with Crippen LogP contribution >= 0.6 is 0 Å². The number of hydrogen-bond acceptors (Lipinski definition) is 4. The number of rotatable bonds is 3. The van der Waals surface area contributed by atoms with E-state index in [1.54, 1.807) is 0 Å². The Balaban J connectivity index is 6.37. The molecule has 0 spiro atoms. The van der Waals surface area contributed by atoms with Crippen molar-refractivity contribution < 1.29 is 30.0 Å². The van der Waals surface area contributed by atoms with Gasteiger partial charge in [-0.3, -0.25) is 0 Å². The van der Waals surface area contributed by atoms with Gasteiger partial charge in [-0.05, 0) is 0 Å². The molecule has 2 atom stereocenters. The predicted molar refractivity (Wildman–Crippen MR) is 64.1 cm³/mol. The second-order valence-corrected chi connectivity index (χ2v) is 6.53. The first-order chi connectivity index (χ1) is 7.64. The molecule has 0 aromatic carbocycles. The van der Waals surface area contributed by atoms with Crippen LogP contribution < -0.4 is 0 Å². The van der Waals surface area contributed by atoms with Gasteiger partial charge in [-0.1, -0.05) is 41.5 Å². The van der Waals surface area contributed by atoms with Gasteiger partial charge in [0.1, 0.15) is 0 Å². The lowest BCUT2D eigenvalue weighted by atomic mass is 9.57. The van der Waals surface area contributed by atoms with E-state index in [-0.39, 0.29) is 0 Å².